The maximum absolute atomic E-state index is 12.2. The molecular formula is C18H22ClN3O2. The summed E-state index contributed by atoms with van der Waals surface area (Å²) in [7, 11) is 3.47. The SMILES string of the molecule is COc1cc(Cl)c(C)cc1NC(=O)CN(C)CCc1ccncc1. The Bertz CT molecular complexity index is 692. The van der Waals surface area contributed by atoms with E-state index in [0.29, 0.717) is 23.0 Å². The van der Waals surface area contributed by atoms with Gasteiger partial charge in [-0.05, 0) is 49.7 Å². The number of rotatable bonds is 7. The summed E-state index contributed by atoms with van der Waals surface area (Å²) in [4.78, 5) is 18.2. The van der Waals surface area contributed by atoms with Crippen molar-refractivity contribution in [2.45, 2.75) is 13.3 Å². The third-order valence-corrected chi connectivity index (χ3v) is 4.11. The molecular weight excluding hydrogens is 326 g/mol. The molecule has 0 aliphatic carbocycles. The number of nitrogens with zero attached hydrogens (tertiary/aromatic N) is 2. The lowest BCUT2D eigenvalue weighted by molar-refractivity contribution is -0.117. The van der Waals surface area contributed by atoms with E-state index in [0.717, 1.165) is 18.5 Å². The van der Waals surface area contributed by atoms with Gasteiger partial charge in [-0.3, -0.25) is 14.7 Å². The van der Waals surface area contributed by atoms with E-state index in [4.69, 9.17) is 16.3 Å². The molecule has 1 amide bonds. The van der Waals surface area contributed by atoms with E-state index in [1.165, 1.54) is 5.56 Å². The van der Waals surface area contributed by atoms with Crippen LogP contribution in [0.15, 0.2) is 36.7 Å². The van der Waals surface area contributed by atoms with Gasteiger partial charge in [-0.2, -0.15) is 0 Å². The number of carbonyl (C=O) groups is 1. The molecule has 0 saturated heterocycles. The molecule has 0 radical (unpaired) electrons. The smallest absolute Gasteiger partial charge is 0.238 e. The minimum Gasteiger partial charge on any atom is -0.495 e. The summed E-state index contributed by atoms with van der Waals surface area (Å²) in [5, 5.41) is 3.49. The van der Waals surface area contributed by atoms with Crippen molar-refractivity contribution in [2.75, 3.05) is 32.6 Å². The molecule has 0 aliphatic rings. The minimum absolute atomic E-state index is 0.0905. The van der Waals surface area contributed by atoms with Gasteiger partial charge >= 0.3 is 0 Å². The third kappa shape index (κ3) is 5.22. The number of aromatic nitrogens is 1. The summed E-state index contributed by atoms with van der Waals surface area (Å²) in [5.41, 5.74) is 2.72. The van der Waals surface area contributed by atoms with Crippen LogP contribution in [0.25, 0.3) is 0 Å². The van der Waals surface area contributed by atoms with Crippen molar-refractivity contribution in [1.29, 1.82) is 0 Å². The number of amides is 1. The first-order valence-corrected chi connectivity index (χ1v) is 8.09. The normalized spacial score (nSPS) is 10.7. The van der Waals surface area contributed by atoms with Crippen molar-refractivity contribution in [2.24, 2.45) is 0 Å². The fraction of sp³-hybridized carbons (Fsp3) is 0.333. The number of hydrogen-bond donors (Lipinski definition) is 1. The Morgan fingerprint density at radius 2 is 2.04 bits per heavy atom. The molecule has 0 atom stereocenters. The van der Waals surface area contributed by atoms with Crippen LogP contribution < -0.4 is 10.1 Å². The average Bonchev–Trinajstić information content (AvgIpc) is 2.57. The molecule has 24 heavy (non-hydrogen) atoms. The van der Waals surface area contributed by atoms with Gasteiger partial charge in [-0.25, -0.2) is 0 Å². The first-order valence-electron chi connectivity index (χ1n) is 7.71. The van der Waals surface area contributed by atoms with Gasteiger partial charge in [-0.15, -0.1) is 0 Å². The highest BCUT2D eigenvalue weighted by Crippen LogP contribution is 2.30. The molecule has 0 unspecified atom stereocenters. The first-order chi connectivity index (χ1) is 11.5. The van der Waals surface area contributed by atoms with E-state index in [-0.39, 0.29) is 5.91 Å². The number of halogens is 1. The predicted molar refractivity (Wildman–Crippen MR) is 96.8 cm³/mol. The van der Waals surface area contributed by atoms with Crippen molar-refractivity contribution in [3.8, 4) is 5.75 Å². The number of benzene rings is 1. The van der Waals surface area contributed by atoms with E-state index in [1.807, 2.05) is 37.1 Å². The Kier molecular flexibility index (Phi) is 6.58. The van der Waals surface area contributed by atoms with Crippen LogP contribution in [0.5, 0.6) is 5.75 Å². The van der Waals surface area contributed by atoms with Crippen molar-refractivity contribution in [1.82, 2.24) is 9.88 Å². The maximum atomic E-state index is 12.2. The molecule has 2 aromatic rings. The molecule has 0 bridgehead atoms. The second-order valence-corrected chi connectivity index (χ2v) is 6.10. The fourth-order valence-electron chi connectivity index (χ4n) is 2.31. The standard InChI is InChI=1S/C18H22ClN3O2/c1-13-10-16(17(24-3)11-15(13)19)21-18(23)12-22(2)9-6-14-4-7-20-8-5-14/h4-5,7-8,10-11H,6,9,12H2,1-3H3,(H,21,23). The van der Waals surface area contributed by atoms with Gasteiger partial charge in [0.15, 0.2) is 0 Å². The van der Waals surface area contributed by atoms with Gasteiger partial charge in [0.1, 0.15) is 5.75 Å². The van der Waals surface area contributed by atoms with Crippen molar-refractivity contribution in [3.63, 3.8) is 0 Å². The summed E-state index contributed by atoms with van der Waals surface area (Å²) in [6, 6.07) is 7.49. The van der Waals surface area contributed by atoms with E-state index < -0.39 is 0 Å². The van der Waals surface area contributed by atoms with E-state index in [1.54, 1.807) is 25.6 Å². The van der Waals surface area contributed by atoms with E-state index in [9.17, 15) is 4.79 Å². The second kappa shape index (κ2) is 8.66. The number of ether oxygens (including phenoxy) is 1. The Labute approximate surface area is 147 Å². The lowest BCUT2D eigenvalue weighted by Gasteiger charge is -2.17. The van der Waals surface area contributed by atoms with Crippen LogP contribution in [-0.4, -0.2) is 43.0 Å². The van der Waals surface area contributed by atoms with Crippen LogP contribution in [0.1, 0.15) is 11.1 Å². The summed E-state index contributed by atoms with van der Waals surface area (Å²) in [6.45, 7) is 2.97. The van der Waals surface area contributed by atoms with Gasteiger partial charge in [0.05, 0.1) is 19.3 Å². The average molecular weight is 348 g/mol. The minimum atomic E-state index is -0.0905. The summed E-state index contributed by atoms with van der Waals surface area (Å²) in [5.74, 6) is 0.464. The molecule has 128 valence electrons. The molecule has 0 saturated carbocycles. The lowest BCUT2D eigenvalue weighted by Crippen LogP contribution is -2.31. The van der Waals surface area contributed by atoms with E-state index >= 15 is 0 Å². The number of anilines is 1. The topological polar surface area (TPSA) is 54.5 Å². The molecule has 0 aliphatic heterocycles. The Morgan fingerprint density at radius 1 is 1.33 bits per heavy atom. The molecule has 1 heterocycles. The second-order valence-electron chi connectivity index (χ2n) is 5.69. The lowest BCUT2D eigenvalue weighted by atomic mass is 10.2. The number of hydrogen-bond acceptors (Lipinski definition) is 4. The van der Waals surface area contributed by atoms with Gasteiger partial charge in [0.25, 0.3) is 0 Å². The number of aryl methyl sites for hydroxylation is 1. The zero-order valence-electron chi connectivity index (χ0n) is 14.2. The van der Waals surface area contributed by atoms with Gasteiger partial charge < -0.3 is 10.1 Å². The van der Waals surface area contributed by atoms with Crippen molar-refractivity contribution >= 4 is 23.2 Å². The molecule has 6 heteroatoms. The molecule has 1 aromatic carbocycles. The fourth-order valence-corrected chi connectivity index (χ4v) is 2.47. The zero-order valence-corrected chi connectivity index (χ0v) is 14.9. The van der Waals surface area contributed by atoms with Crippen molar-refractivity contribution < 1.29 is 9.53 Å². The summed E-state index contributed by atoms with van der Waals surface area (Å²) < 4.78 is 5.27. The molecule has 2 rings (SSSR count). The Balaban J connectivity index is 1.89. The predicted octanol–water partition coefficient (Wildman–Crippen LogP) is 3.17. The highest BCUT2D eigenvalue weighted by Gasteiger charge is 2.12. The quantitative estimate of drug-likeness (QED) is 0.835. The van der Waals surface area contributed by atoms with Crippen LogP contribution in [0.4, 0.5) is 5.69 Å². The summed E-state index contributed by atoms with van der Waals surface area (Å²) >= 11 is 6.08. The number of likely N-dealkylation sites (N-methyl/N-ethyl adjacent to an activating group) is 1. The maximum Gasteiger partial charge on any atom is 0.238 e. The van der Waals surface area contributed by atoms with E-state index in [2.05, 4.69) is 10.3 Å². The van der Waals surface area contributed by atoms with Crippen LogP contribution in [0.2, 0.25) is 5.02 Å². The molecule has 0 spiro atoms. The molecule has 1 N–H and O–H groups in total. The third-order valence-electron chi connectivity index (χ3n) is 3.70. The number of methoxy groups -OCH3 is 1. The van der Waals surface area contributed by atoms with Crippen LogP contribution in [0.3, 0.4) is 0 Å². The number of nitrogens with one attached hydrogen (secondary N) is 1. The van der Waals surface area contributed by atoms with Gasteiger partial charge in [-0.1, -0.05) is 11.6 Å². The Morgan fingerprint density at radius 3 is 2.71 bits per heavy atom. The molecule has 5 nitrogen and oxygen atoms in total. The van der Waals surface area contributed by atoms with Crippen LogP contribution in [-0.2, 0) is 11.2 Å². The number of pyridine rings is 1. The monoisotopic (exact) mass is 347 g/mol. The summed E-state index contributed by atoms with van der Waals surface area (Å²) in [6.07, 6.45) is 4.42. The zero-order chi connectivity index (χ0) is 17.5. The molecule has 1 aromatic heterocycles. The Hall–Kier alpha value is -2.11. The highest BCUT2D eigenvalue weighted by molar-refractivity contribution is 6.31. The largest absolute Gasteiger partial charge is 0.495 e. The highest BCUT2D eigenvalue weighted by atomic mass is 35.5. The first kappa shape index (κ1) is 18.2. The molecule has 0 fully saturated rings. The van der Waals surface area contributed by atoms with Crippen molar-refractivity contribution in [3.05, 3.63) is 52.8 Å². The van der Waals surface area contributed by atoms with Gasteiger partial charge in [0.2, 0.25) is 5.91 Å². The van der Waals surface area contributed by atoms with Gasteiger partial charge in [0, 0.05) is 30.0 Å². The number of carbonyl (C=O) groups excluding carboxylic acids is 1. The van der Waals surface area contributed by atoms with Crippen LogP contribution >= 0.6 is 11.6 Å². The van der Waals surface area contributed by atoms with Crippen LogP contribution in [0, 0.1) is 6.92 Å².